The van der Waals surface area contributed by atoms with Crippen LogP contribution in [0.15, 0.2) is 12.1 Å². The molecule has 0 unspecified atom stereocenters. The molecule has 0 aromatic carbocycles. The number of nitrogens with two attached hydrogens (primary N) is 1. The third-order valence-corrected chi connectivity index (χ3v) is 2.54. The number of hydrogen-bond acceptors (Lipinski definition) is 5. The number of nitro groups is 1. The Morgan fingerprint density at radius 1 is 1.32 bits per heavy atom. The molecule has 0 aliphatic heterocycles. The van der Waals surface area contributed by atoms with E-state index >= 15 is 0 Å². The normalized spacial score (nSPS) is 12.3. The number of hydrogen-bond donors (Lipinski definition) is 2. The van der Waals surface area contributed by atoms with Crippen molar-refractivity contribution in [3.63, 3.8) is 0 Å². The van der Waals surface area contributed by atoms with Crippen LogP contribution in [0.1, 0.15) is 41.0 Å². The first-order valence-corrected chi connectivity index (χ1v) is 6.19. The molecule has 0 radical (unpaired) electrons. The number of nitrogens with one attached hydrogen (secondary N) is 1. The van der Waals surface area contributed by atoms with Gasteiger partial charge in [0, 0.05) is 11.6 Å². The summed E-state index contributed by atoms with van der Waals surface area (Å²) in [5.74, 6) is 0.485. The average molecular weight is 266 g/mol. The van der Waals surface area contributed by atoms with E-state index in [2.05, 4.69) is 44.9 Å². The monoisotopic (exact) mass is 266 g/mol. The summed E-state index contributed by atoms with van der Waals surface area (Å²) in [5, 5.41) is 13.9. The van der Waals surface area contributed by atoms with Crippen LogP contribution < -0.4 is 11.1 Å². The van der Waals surface area contributed by atoms with Gasteiger partial charge in [0.2, 0.25) is 5.82 Å². The van der Waals surface area contributed by atoms with Crippen LogP contribution in [0.25, 0.3) is 0 Å². The number of nitrogens with zero attached hydrogens (tertiary/aromatic N) is 2. The van der Waals surface area contributed by atoms with Crippen LogP contribution in [-0.2, 0) is 0 Å². The van der Waals surface area contributed by atoms with Crippen molar-refractivity contribution >= 4 is 17.3 Å². The van der Waals surface area contributed by atoms with Crippen molar-refractivity contribution in [3.05, 3.63) is 22.2 Å². The molecule has 3 N–H and O–H groups in total. The van der Waals surface area contributed by atoms with Crippen molar-refractivity contribution in [2.45, 2.75) is 46.6 Å². The van der Waals surface area contributed by atoms with Crippen LogP contribution in [0.3, 0.4) is 0 Å². The second-order valence-electron chi connectivity index (χ2n) is 6.60. The number of anilines is 2. The Bertz CT molecular complexity index is 478. The second kappa shape index (κ2) is 5.03. The van der Waals surface area contributed by atoms with E-state index < -0.39 is 4.92 Å². The summed E-state index contributed by atoms with van der Waals surface area (Å²) in [5.41, 5.74) is 5.40. The molecule has 0 atom stereocenters. The largest absolute Gasteiger partial charge is 0.378 e. The van der Waals surface area contributed by atoms with Crippen LogP contribution >= 0.6 is 0 Å². The van der Waals surface area contributed by atoms with Gasteiger partial charge in [0.1, 0.15) is 5.82 Å². The van der Waals surface area contributed by atoms with Gasteiger partial charge in [-0.2, -0.15) is 0 Å². The number of pyridine rings is 1. The van der Waals surface area contributed by atoms with E-state index in [1.54, 1.807) is 6.07 Å². The molecular formula is C13H22N4O2. The summed E-state index contributed by atoms with van der Waals surface area (Å²) in [7, 11) is 0. The lowest BCUT2D eigenvalue weighted by Gasteiger charge is -2.33. The maximum Gasteiger partial charge on any atom is 0.311 e. The molecular weight excluding hydrogens is 244 g/mol. The molecule has 0 saturated heterocycles. The number of rotatable bonds is 4. The quantitative estimate of drug-likeness (QED) is 0.644. The highest BCUT2D eigenvalue weighted by Gasteiger charge is 2.26. The highest BCUT2D eigenvalue weighted by atomic mass is 16.6. The third kappa shape index (κ3) is 4.73. The maximum absolute atomic E-state index is 10.7. The summed E-state index contributed by atoms with van der Waals surface area (Å²) in [4.78, 5) is 14.2. The Kier molecular flexibility index (Phi) is 4.03. The lowest BCUT2D eigenvalue weighted by atomic mass is 9.82. The molecule has 0 aliphatic rings. The minimum atomic E-state index is -0.535. The first kappa shape index (κ1) is 15.2. The molecule has 1 aromatic heterocycles. The molecule has 0 saturated carbocycles. The van der Waals surface area contributed by atoms with E-state index in [1.165, 1.54) is 6.07 Å². The summed E-state index contributed by atoms with van der Waals surface area (Å²) in [6.07, 6.45) is 0.929. The predicted molar refractivity (Wildman–Crippen MR) is 77.1 cm³/mol. The molecule has 0 bridgehead atoms. The Morgan fingerprint density at radius 2 is 1.89 bits per heavy atom. The minimum Gasteiger partial charge on any atom is -0.378 e. The SMILES string of the molecule is CC(C)(C)CC(C)(C)Nc1ccc([N+](=O)[O-])c(N)n1. The molecule has 0 fully saturated rings. The molecule has 1 aromatic rings. The fourth-order valence-corrected chi connectivity index (χ4v) is 2.41. The van der Waals surface area contributed by atoms with Crippen LogP contribution in [-0.4, -0.2) is 15.4 Å². The first-order chi connectivity index (χ1) is 8.50. The summed E-state index contributed by atoms with van der Waals surface area (Å²) in [6, 6.07) is 2.96. The smallest absolute Gasteiger partial charge is 0.311 e. The van der Waals surface area contributed by atoms with Crippen molar-refractivity contribution in [2.24, 2.45) is 5.41 Å². The van der Waals surface area contributed by atoms with Crippen molar-refractivity contribution < 1.29 is 4.92 Å². The van der Waals surface area contributed by atoms with Crippen LogP contribution in [0, 0.1) is 15.5 Å². The van der Waals surface area contributed by atoms with Gasteiger partial charge in [-0.25, -0.2) is 4.98 Å². The minimum absolute atomic E-state index is 0.0680. The molecule has 6 nitrogen and oxygen atoms in total. The topological polar surface area (TPSA) is 94.1 Å². The number of nitrogen functional groups attached to an aromatic ring is 1. The van der Waals surface area contributed by atoms with Gasteiger partial charge < -0.3 is 11.1 Å². The average Bonchev–Trinajstić information content (AvgIpc) is 2.11. The summed E-state index contributed by atoms with van der Waals surface area (Å²) in [6.45, 7) is 10.6. The molecule has 19 heavy (non-hydrogen) atoms. The molecule has 0 amide bonds. The standard InChI is InChI=1S/C13H22N4O2/c1-12(2,3)8-13(4,5)16-10-7-6-9(17(18)19)11(14)15-10/h6-7H,8H2,1-5H3,(H3,14,15,16). The molecule has 1 heterocycles. The van der Waals surface area contributed by atoms with E-state index in [-0.39, 0.29) is 22.5 Å². The maximum atomic E-state index is 10.7. The zero-order chi connectivity index (χ0) is 14.8. The Hall–Kier alpha value is -1.85. The lowest BCUT2D eigenvalue weighted by Crippen LogP contribution is -2.35. The third-order valence-electron chi connectivity index (χ3n) is 2.54. The Morgan fingerprint density at radius 3 is 2.32 bits per heavy atom. The molecule has 0 aliphatic carbocycles. The highest BCUT2D eigenvalue weighted by Crippen LogP contribution is 2.30. The second-order valence-corrected chi connectivity index (χ2v) is 6.60. The van der Waals surface area contributed by atoms with Crippen molar-refractivity contribution in [1.29, 1.82) is 0 Å². The number of aromatic nitrogens is 1. The fourth-order valence-electron chi connectivity index (χ4n) is 2.41. The molecule has 0 spiro atoms. The molecule has 106 valence electrons. The van der Waals surface area contributed by atoms with Crippen LogP contribution in [0.4, 0.5) is 17.3 Å². The van der Waals surface area contributed by atoms with Gasteiger partial charge in [-0.1, -0.05) is 20.8 Å². The van der Waals surface area contributed by atoms with Gasteiger partial charge in [-0.05, 0) is 31.7 Å². The predicted octanol–water partition coefficient (Wildman–Crippen LogP) is 3.20. The van der Waals surface area contributed by atoms with E-state index in [4.69, 9.17) is 5.73 Å². The van der Waals surface area contributed by atoms with Gasteiger partial charge in [0.25, 0.3) is 0 Å². The zero-order valence-electron chi connectivity index (χ0n) is 12.2. The first-order valence-electron chi connectivity index (χ1n) is 6.19. The fraction of sp³-hybridized carbons (Fsp3) is 0.615. The summed E-state index contributed by atoms with van der Waals surface area (Å²) >= 11 is 0. The van der Waals surface area contributed by atoms with Gasteiger partial charge >= 0.3 is 5.69 Å². The van der Waals surface area contributed by atoms with Gasteiger partial charge in [-0.3, -0.25) is 10.1 Å². The van der Waals surface area contributed by atoms with E-state index in [0.717, 1.165) is 6.42 Å². The zero-order valence-corrected chi connectivity index (χ0v) is 12.2. The molecule has 6 heteroatoms. The van der Waals surface area contributed by atoms with E-state index in [1.807, 2.05) is 0 Å². The van der Waals surface area contributed by atoms with E-state index in [9.17, 15) is 10.1 Å². The van der Waals surface area contributed by atoms with E-state index in [0.29, 0.717) is 5.82 Å². The van der Waals surface area contributed by atoms with Crippen LogP contribution in [0.2, 0.25) is 0 Å². The van der Waals surface area contributed by atoms with Gasteiger partial charge in [-0.15, -0.1) is 0 Å². The van der Waals surface area contributed by atoms with Crippen LogP contribution in [0.5, 0.6) is 0 Å². The van der Waals surface area contributed by atoms with Crippen molar-refractivity contribution in [2.75, 3.05) is 11.1 Å². The van der Waals surface area contributed by atoms with Gasteiger partial charge in [0.05, 0.1) is 4.92 Å². The molecule has 1 rings (SSSR count). The Balaban J connectivity index is 2.88. The van der Waals surface area contributed by atoms with Crippen molar-refractivity contribution in [3.8, 4) is 0 Å². The Labute approximate surface area is 113 Å². The van der Waals surface area contributed by atoms with Crippen molar-refractivity contribution in [1.82, 2.24) is 4.98 Å². The highest BCUT2D eigenvalue weighted by molar-refractivity contribution is 5.57. The lowest BCUT2D eigenvalue weighted by molar-refractivity contribution is -0.384. The van der Waals surface area contributed by atoms with Gasteiger partial charge in [0.15, 0.2) is 0 Å². The summed E-state index contributed by atoms with van der Waals surface area (Å²) < 4.78 is 0.